The molecule has 0 aliphatic carbocycles. The lowest BCUT2D eigenvalue weighted by Crippen LogP contribution is -2.17. The molecule has 0 spiro atoms. The van der Waals surface area contributed by atoms with Crippen molar-refractivity contribution in [3.63, 3.8) is 0 Å². The fourth-order valence-electron chi connectivity index (χ4n) is 3.50. The summed E-state index contributed by atoms with van der Waals surface area (Å²) < 4.78 is 24.4. The molecular formula is C24H24FNO5. The molecule has 2 bridgehead atoms. The molecule has 0 radical (unpaired) electrons. The minimum atomic E-state index is -0.685. The normalized spacial score (nSPS) is 16.7. The van der Waals surface area contributed by atoms with E-state index in [1.165, 1.54) is 19.2 Å². The molecule has 2 aromatic carbocycles. The van der Waals surface area contributed by atoms with Gasteiger partial charge in [0.2, 0.25) is 5.91 Å². The van der Waals surface area contributed by atoms with E-state index in [-0.39, 0.29) is 25.4 Å². The highest BCUT2D eigenvalue weighted by molar-refractivity contribution is 5.96. The number of esters is 2. The number of carbonyl (C=O) groups is 3. The first-order chi connectivity index (χ1) is 14.9. The molecule has 0 aromatic heterocycles. The maximum Gasteiger partial charge on any atom is 0.313 e. The minimum Gasteiger partial charge on any atom is -0.469 e. The Balaban J connectivity index is 2.13. The van der Waals surface area contributed by atoms with Crippen molar-refractivity contribution in [2.75, 3.05) is 19.0 Å². The molecule has 0 saturated carbocycles. The maximum atomic E-state index is 14.5. The van der Waals surface area contributed by atoms with Crippen LogP contribution in [0.2, 0.25) is 0 Å². The van der Waals surface area contributed by atoms with Gasteiger partial charge >= 0.3 is 11.9 Å². The van der Waals surface area contributed by atoms with Gasteiger partial charge in [0.05, 0.1) is 26.1 Å². The summed E-state index contributed by atoms with van der Waals surface area (Å²) in [6, 6.07) is 9.51. The molecule has 31 heavy (non-hydrogen) atoms. The third-order valence-corrected chi connectivity index (χ3v) is 4.98. The summed E-state index contributed by atoms with van der Waals surface area (Å²) in [6.45, 7) is 1.93. The largest absolute Gasteiger partial charge is 0.469 e. The van der Waals surface area contributed by atoms with Crippen LogP contribution in [0.4, 0.5) is 10.1 Å². The summed E-state index contributed by atoms with van der Waals surface area (Å²) in [6.07, 6.45) is 3.83. The van der Waals surface area contributed by atoms with Gasteiger partial charge in [-0.15, -0.1) is 0 Å². The fraction of sp³-hybridized carbons (Fsp3) is 0.292. The topological polar surface area (TPSA) is 81.7 Å². The van der Waals surface area contributed by atoms with E-state index in [9.17, 15) is 18.8 Å². The summed E-state index contributed by atoms with van der Waals surface area (Å²) in [4.78, 5) is 36.6. The SMILES string of the molecule is CCOC(=O)C1C/C=C/CC(=O)Nc2cc(CC(=O)OC)ccc2-c2cc(F)cc1c2. The van der Waals surface area contributed by atoms with Gasteiger partial charge in [-0.25, -0.2) is 4.39 Å². The van der Waals surface area contributed by atoms with Gasteiger partial charge in [-0.3, -0.25) is 14.4 Å². The zero-order valence-corrected chi connectivity index (χ0v) is 17.4. The van der Waals surface area contributed by atoms with Crippen molar-refractivity contribution < 1.29 is 28.2 Å². The van der Waals surface area contributed by atoms with Gasteiger partial charge in [0, 0.05) is 17.7 Å². The number of allylic oxidation sites excluding steroid dienone is 1. The number of ether oxygens (including phenoxy) is 2. The highest BCUT2D eigenvalue weighted by Crippen LogP contribution is 2.34. The molecule has 3 rings (SSSR count). The van der Waals surface area contributed by atoms with E-state index in [1.54, 1.807) is 43.3 Å². The Bertz CT molecular complexity index is 1030. The highest BCUT2D eigenvalue weighted by atomic mass is 19.1. The van der Waals surface area contributed by atoms with Gasteiger partial charge in [0.1, 0.15) is 5.82 Å². The van der Waals surface area contributed by atoms with Crippen molar-refractivity contribution in [2.24, 2.45) is 0 Å². The summed E-state index contributed by atoms with van der Waals surface area (Å²) in [5, 5.41) is 2.84. The molecule has 1 unspecified atom stereocenters. The van der Waals surface area contributed by atoms with Crippen molar-refractivity contribution >= 4 is 23.5 Å². The Morgan fingerprint density at radius 3 is 2.71 bits per heavy atom. The van der Waals surface area contributed by atoms with Crippen LogP contribution in [0.15, 0.2) is 48.6 Å². The molecule has 1 aliphatic heterocycles. The Kier molecular flexibility index (Phi) is 7.18. The molecule has 1 aliphatic rings. The quantitative estimate of drug-likeness (QED) is 0.588. The highest BCUT2D eigenvalue weighted by Gasteiger charge is 2.23. The molecule has 1 heterocycles. The molecule has 1 atom stereocenters. The average Bonchev–Trinajstić information content (AvgIpc) is 2.72. The lowest BCUT2D eigenvalue weighted by atomic mass is 9.91. The average molecular weight is 425 g/mol. The van der Waals surface area contributed by atoms with E-state index < -0.39 is 23.7 Å². The Morgan fingerprint density at radius 2 is 1.97 bits per heavy atom. The number of hydrogen-bond donors (Lipinski definition) is 1. The Labute approximate surface area is 180 Å². The first kappa shape index (κ1) is 22.2. The smallest absolute Gasteiger partial charge is 0.313 e. The second kappa shape index (κ2) is 10.0. The van der Waals surface area contributed by atoms with Gasteiger partial charge in [-0.1, -0.05) is 24.3 Å². The third kappa shape index (κ3) is 5.57. The lowest BCUT2D eigenvalue weighted by molar-refractivity contribution is -0.145. The predicted molar refractivity (Wildman–Crippen MR) is 114 cm³/mol. The second-order valence-electron chi connectivity index (χ2n) is 7.17. The Morgan fingerprint density at radius 1 is 1.16 bits per heavy atom. The standard InChI is InChI=1S/C24H24FNO5/c1-3-31-24(29)20-6-4-5-7-22(27)26-21-10-15(11-23(28)30-2)8-9-19(21)16-12-17(20)14-18(25)13-16/h4-5,8-10,12-14,20H,3,6-7,11H2,1-2H3,(H,26,27)/b5-4+. The first-order valence-corrected chi connectivity index (χ1v) is 10.0. The molecule has 7 heteroatoms. The van der Waals surface area contributed by atoms with E-state index in [1.807, 2.05) is 0 Å². The van der Waals surface area contributed by atoms with Crippen molar-refractivity contribution in [1.82, 2.24) is 0 Å². The minimum absolute atomic E-state index is 0.0406. The van der Waals surface area contributed by atoms with Gasteiger partial charge in [0.25, 0.3) is 0 Å². The zero-order chi connectivity index (χ0) is 22.4. The number of fused-ring (bicyclic) bond motifs is 4. The van der Waals surface area contributed by atoms with Crippen LogP contribution in [0.5, 0.6) is 0 Å². The first-order valence-electron chi connectivity index (χ1n) is 10.0. The van der Waals surface area contributed by atoms with Gasteiger partial charge < -0.3 is 14.8 Å². The number of carbonyl (C=O) groups excluding carboxylic acids is 3. The van der Waals surface area contributed by atoms with E-state index in [2.05, 4.69) is 5.32 Å². The maximum absolute atomic E-state index is 14.5. The molecule has 0 saturated heterocycles. The van der Waals surface area contributed by atoms with E-state index in [0.29, 0.717) is 34.4 Å². The number of anilines is 1. The van der Waals surface area contributed by atoms with Crippen molar-refractivity contribution in [3.05, 3.63) is 65.5 Å². The lowest BCUT2D eigenvalue weighted by Gasteiger charge is -2.18. The summed E-state index contributed by atoms with van der Waals surface area (Å²) >= 11 is 0. The van der Waals surface area contributed by atoms with Crippen molar-refractivity contribution in [1.29, 1.82) is 0 Å². The second-order valence-corrected chi connectivity index (χ2v) is 7.17. The zero-order valence-electron chi connectivity index (χ0n) is 17.4. The molecule has 1 amide bonds. The van der Waals surface area contributed by atoms with Crippen molar-refractivity contribution in [3.8, 4) is 11.1 Å². The Hall–Kier alpha value is -3.48. The molecule has 162 valence electrons. The molecule has 0 fully saturated rings. The van der Waals surface area contributed by atoms with Crippen LogP contribution in [0.25, 0.3) is 11.1 Å². The van der Waals surface area contributed by atoms with Crippen LogP contribution in [0, 0.1) is 5.82 Å². The molecular weight excluding hydrogens is 401 g/mol. The summed E-state index contributed by atoms with van der Waals surface area (Å²) in [5.41, 5.74) is 2.68. The molecule has 2 aromatic rings. The van der Waals surface area contributed by atoms with E-state index >= 15 is 0 Å². The summed E-state index contributed by atoms with van der Waals surface area (Å²) in [7, 11) is 1.30. The number of amides is 1. The number of nitrogens with one attached hydrogen (secondary N) is 1. The van der Waals surface area contributed by atoms with E-state index in [0.717, 1.165) is 0 Å². The molecule has 1 N–H and O–H groups in total. The van der Waals surface area contributed by atoms with Crippen LogP contribution in [-0.2, 0) is 30.3 Å². The van der Waals surface area contributed by atoms with E-state index in [4.69, 9.17) is 9.47 Å². The van der Waals surface area contributed by atoms with Crippen LogP contribution in [0.1, 0.15) is 36.8 Å². The third-order valence-electron chi connectivity index (χ3n) is 4.98. The number of hydrogen-bond acceptors (Lipinski definition) is 5. The number of rotatable bonds is 4. The monoisotopic (exact) mass is 425 g/mol. The number of methoxy groups -OCH3 is 1. The molecule has 6 nitrogen and oxygen atoms in total. The van der Waals surface area contributed by atoms with Crippen molar-refractivity contribution in [2.45, 2.75) is 32.1 Å². The van der Waals surface area contributed by atoms with Crippen LogP contribution >= 0.6 is 0 Å². The number of benzene rings is 2. The van der Waals surface area contributed by atoms with Gasteiger partial charge in [0.15, 0.2) is 0 Å². The van der Waals surface area contributed by atoms with Gasteiger partial charge in [-0.05, 0) is 54.3 Å². The predicted octanol–water partition coefficient (Wildman–Crippen LogP) is 4.14. The number of halogens is 1. The van der Waals surface area contributed by atoms with Crippen LogP contribution in [0.3, 0.4) is 0 Å². The van der Waals surface area contributed by atoms with Crippen LogP contribution in [-0.4, -0.2) is 31.6 Å². The fourth-order valence-corrected chi connectivity index (χ4v) is 3.50. The summed E-state index contributed by atoms with van der Waals surface area (Å²) in [5.74, 6) is -2.31. The van der Waals surface area contributed by atoms with Gasteiger partial charge in [-0.2, -0.15) is 0 Å². The van der Waals surface area contributed by atoms with Crippen LogP contribution < -0.4 is 5.32 Å².